The maximum Gasteiger partial charge on any atom is 0.335 e. The third kappa shape index (κ3) is 63.8. The molecule has 0 aromatic rings. The summed E-state index contributed by atoms with van der Waals surface area (Å²) in [4.78, 5) is 19.2. The minimum Gasteiger partial charge on any atom is -0.479 e. The number of ketones is 1. The number of carbonyl (C=O) groups excluding carboxylic acids is 1. The molecule has 0 bridgehead atoms. The summed E-state index contributed by atoms with van der Waals surface area (Å²) in [6, 6.07) is 1.66. The van der Waals surface area contributed by atoms with Crippen LogP contribution in [0.3, 0.4) is 0 Å². The topological polar surface area (TPSA) is 142 Å². The van der Waals surface area contributed by atoms with Crippen LogP contribution in [-0.4, -0.2) is 38.3 Å². The zero-order valence-corrected chi connectivity index (χ0v) is 12.1. The fourth-order valence-electron chi connectivity index (χ4n) is 0. The highest BCUT2D eigenvalue weighted by atomic mass is 16.4. The molecule has 0 aromatic carbocycles. The Morgan fingerprint density at radius 1 is 1.05 bits per heavy atom. The van der Waals surface area contributed by atoms with E-state index >= 15 is 0 Å². The van der Waals surface area contributed by atoms with Crippen molar-refractivity contribution in [3.05, 3.63) is 0 Å². The average Bonchev–Trinajstić information content (AvgIpc) is 2.18. The van der Waals surface area contributed by atoms with E-state index < -0.39 is 17.2 Å². The standard InChI is InChI=1S/C4H7NO.C4H8O3.C3H6O.CHN/c1-4(2,6)3-5;1-4(2,7)3(5)6;1-3(2)4;1-2/h6H,1-2H3;7H,1-2H3,(H,5,6);1-2H3;1H. The summed E-state index contributed by atoms with van der Waals surface area (Å²) in [6.45, 7) is 11.9. The normalized spacial score (nSPS) is 8.89. The van der Waals surface area contributed by atoms with E-state index in [4.69, 9.17) is 25.8 Å². The number of carboxylic acid groups (broad SMARTS) is 1. The van der Waals surface area contributed by atoms with E-state index in [0.29, 0.717) is 0 Å². The first-order valence-corrected chi connectivity index (χ1v) is 5.06. The van der Waals surface area contributed by atoms with Crippen LogP contribution in [0.4, 0.5) is 0 Å². The number of hydrogen-bond acceptors (Lipinski definition) is 6. The second-order valence-corrected chi connectivity index (χ2v) is 4.44. The molecule has 0 radical (unpaired) electrons. The van der Waals surface area contributed by atoms with Crippen molar-refractivity contribution in [3.63, 3.8) is 0 Å². The minimum absolute atomic E-state index is 0.167. The number of aliphatic carboxylic acids is 1. The lowest BCUT2D eigenvalue weighted by atomic mass is 10.1. The second kappa shape index (κ2) is 12.5. The first kappa shape index (κ1) is 25.8. The number of Topliss-reactive ketones (excluding diaryl/α,β-unsaturated/α-hetero) is 1. The number of rotatable bonds is 1. The number of carboxylic acids is 1. The molecule has 0 atom stereocenters. The number of aliphatic hydroxyl groups is 2. The Balaban J connectivity index is -0.0000000858. The molecule has 0 heterocycles. The Labute approximate surface area is 113 Å². The molecular weight excluding hydrogens is 252 g/mol. The molecule has 0 rings (SSSR count). The van der Waals surface area contributed by atoms with Gasteiger partial charge in [-0.25, -0.2) is 10.1 Å². The fourth-order valence-corrected chi connectivity index (χ4v) is 0. The van der Waals surface area contributed by atoms with Gasteiger partial charge in [0.1, 0.15) is 11.4 Å². The first-order valence-electron chi connectivity index (χ1n) is 5.06. The van der Waals surface area contributed by atoms with E-state index in [0.717, 1.165) is 0 Å². The number of nitrogens with zero attached hydrogens (tertiary/aromatic N) is 2. The molecule has 0 fully saturated rings. The highest BCUT2D eigenvalue weighted by Gasteiger charge is 2.21. The molecule has 19 heavy (non-hydrogen) atoms. The van der Waals surface area contributed by atoms with Gasteiger partial charge in [-0.05, 0) is 41.5 Å². The Kier molecular flexibility index (Phi) is 17.0. The van der Waals surface area contributed by atoms with E-state index in [1.54, 1.807) is 6.07 Å². The highest BCUT2D eigenvalue weighted by molar-refractivity contribution is 5.75. The van der Waals surface area contributed by atoms with Crippen molar-refractivity contribution >= 4 is 11.8 Å². The van der Waals surface area contributed by atoms with Gasteiger partial charge in [-0.2, -0.15) is 5.26 Å². The van der Waals surface area contributed by atoms with Gasteiger partial charge < -0.3 is 20.1 Å². The summed E-state index contributed by atoms with van der Waals surface area (Å²) < 4.78 is 0. The van der Waals surface area contributed by atoms with Crippen LogP contribution < -0.4 is 0 Å². The Hall–Kier alpha value is -1.96. The average molecular weight is 274 g/mol. The SMILES string of the molecule is C#N.CC(C)(O)C#N.CC(C)(O)C(=O)O.CC(C)=O. The van der Waals surface area contributed by atoms with Crippen molar-refractivity contribution in [2.24, 2.45) is 0 Å². The first-order chi connectivity index (χ1) is 8.24. The van der Waals surface area contributed by atoms with E-state index in [2.05, 4.69) is 6.57 Å². The lowest BCUT2D eigenvalue weighted by Crippen LogP contribution is -2.30. The molecule has 7 nitrogen and oxygen atoms in total. The van der Waals surface area contributed by atoms with Crippen molar-refractivity contribution in [3.8, 4) is 12.6 Å². The third-order valence-electron chi connectivity index (χ3n) is 0.797. The third-order valence-corrected chi connectivity index (χ3v) is 0.797. The van der Waals surface area contributed by atoms with E-state index in [1.807, 2.05) is 0 Å². The van der Waals surface area contributed by atoms with Gasteiger partial charge in [0.15, 0.2) is 5.60 Å². The van der Waals surface area contributed by atoms with Gasteiger partial charge >= 0.3 is 5.97 Å². The maximum absolute atomic E-state index is 9.77. The molecule has 0 aromatic heterocycles. The lowest BCUT2D eigenvalue weighted by Gasteiger charge is -2.07. The number of carbonyl (C=O) groups is 2. The van der Waals surface area contributed by atoms with Gasteiger partial charge in [0.05, 0.1) is 6.07 Å². The number of nitriles is 2. The van der Waals surface area contributed by atoms with Crippen LogP contribution in [-0.2, 0) is 9.59 Å². The summed E-state index contributed by atoms with van der Waals surface area (Å²) in [6.07, 6.45) is 0. The Morgan fingerprint density at radius 2 is 1.16 bits per heavy atom. The monoisotopic (exact) mass is 274 g/mol. The molecule has 3 N–H and O–H groups in total. The summed E-state index contributed by atoms with van der Waals surface area (Å²) in [5.41, 5.74) is -2.74. The zero-order valence-electron chi connectivity index (χ0n) is 12.1. The van der Waals surface area contributed by atoms with Gasteiger partial charge in [-0.15, -0.1) is 0 Å². The molecule has 110 valence electrons. The van der Waals surface area contributed by atoms with Crippen LogP contribution in [0, 0.1) is 23.2 Å². The van der Waals surface area contributed by atoms with Crippen molar-refractivity contribution in [2.75, 3.05) is 0 Å². The molecule has 0 aliphatic rings. The van der Waals surface area contributed by atoms with E-state index in [-0.39, 0.29) is 5.78 Å². The molecule has 0 aliphatic carbocycles. The van der Waals surface area contributed by atoms with Crippen LogP contribution >= 0.6 is 0 Å². The van der Waals surface area contributed by atoms with Gasteiger partial charge in [0.25, 0.3) is 0 Å². The van der Waals surface area contributed by atoms with Crippen LogP contribution in [0.15, 0.2) is 0 Å². The smallest absolute Gasteiger partial charge is 0.335 e. The molecule has 0 amide bonds. The molecule has 7 heteroatoms. The predicted molar refractivity (Wildman–Crippen MR) is 68.9 cm³/mol. The molecule has 0 saturated heterocycles. The van der Waals surface area contributed by atoms with Crippen LogP contribution in [0.2, 0.25) is 0 Å². The largest absolute Gasteiger partial charge is 0.479 e. The summed E-state index contributed by atoms with van der Waals surface area (Å²) in [5, 5.41) is 39.4. The van der Waals surface area contributed by atoms with Crippen LogP contribution in [0.1, 0.15) is 41.5 Å². The van der Waals surface area contributed by atoms with Gasteiger partial charge in [-0.3, -0.25) is 0 Å². The zero-order chi connectivity index (χ0) is 16.9. The summed E-state index contributed by atoms with van der Waals surface area (Å²) in [7, 11) is 0. The van der Waals surface area contributed by atoms with E-state index in [1.165, 1.54) is 41.5 Å². The van der Waals surface area contributed by atoms with E-state index in [9.17, 15) is 9.59 Å². The molecular formula is C12H22N2O5. The van der Waals surface area contributed by atoms with Crippen LogP contribution in [0.25, 0.3) is 0 Å². The summed E-state index contributed by atoms with van der Waals surface area (Å²) >= 11 is 0. The van der Waals surface area contributed by atoms with Crippen LogP contribution in [0.5, 0.6) is 0 Å². The van der Waals surface area contributed by atoms with Gasteiger partial charge in [0.2, 0.25) is 0 Å². The van der Waals surface area contributed by atoms with Crippen molar-refractivity contribution in [1.29, 1.82) is 10.5 Å². The lowest BCUT2D eigenvalue weighted by molar-refractivity contribution is -0.154. The molecule has 0 aliphatic heterocycles. The quantitative estimate of drug-likeness (QED) is 0.601. The second-order valence-electron chi connectivity index (χ2n) is 4.44. The Morgan fingerprint density at radius 3 is 1.16 bits per heavy atom. The highest BCUT2D eigenvalue weighted by Crippen LogP contribution is 1.97. The fraction of sp³-hybridized carbons (Fsp3) is 0.667. The van der Waals surface area contributed by atoms with Gasteiger partial charge in [-0.1, -0.05) is 0 Å². The predicted octanol–water partition coefficient (Wildman–Crippen LogP) is 0.858. The molecule has 0 unspecified atom stereocenters. The minimum atomic E-state index is -1.58. The Bertz CT molecular complexity index is 312. The van der Waals surface area contributed by atoms with Gasteiger partial charge in [0, 0.05) is 6.57 Å². The molecule has 0 spiro atoms. The van der Waals surface area contributed by atoms with Crippen molar-refractivity contribution in [1.82, 2.24) is 0 Å². The summed E-state index contributed by atoms with van der Waals surface area (Å²) in [5.74, 6) is -1.03. The maximum atomic E-state index is 9.77. The number of hydrogen-bond donors (Lipinski definition) is 3. The van der Waals surface area contributed by atoms with Crippen molar-refractivity contribution < 1.29 is 24.9 Å². The molecule has 0 saturated carbocycles. The van der Waals surface area contributed by atoms with Crippen molar-refractivity contribution in [2.45, 2.75) is 52.7 Å².